The van der Waals surface area contributed by atoms with Crippen molar-refractivity contribution in [3.8, 4) is 0 Å². The molecular formula is C20H23ClN8O2. The summed E-state index contributed by atoms with van der Waals surface area (Å²) < 4.78 is 2.65. The molecule has 0 aliphatic carbocycles. The lowest BCUT2D eigenvalue weighted by Gasteiger charge is -2.10. The lowest BCUT2D eigenvalue weighted by atomic mass is 10.1. The molecule has 11 heteroatoms. The summed E-state index contributed by atoms with van der Waals surface area (Å²) in [6.07, 6.45) is 3.16. The number of halogens is 1. The minimum atomic E-state index is -0.462. The second-order valence-electron chi connectivity index (χ2n) is 7.26. The Balaban J connectivity index is 1.52. The summed E-state index contributed by atoms with van der Waals surface area (Å²) in [6, 6.07) is 10.1. The van der Waals surface area contributed by atoms with Crippen LogP contribution in [-0.4, -0.2) is 39.3 Å². The molecule has 0 saturated heterocycles. The number of H-pyrrole nitrogens is 1. The third-order valence-electron chi connectivity index (χ3n) is 5.07. The predicted molar refractivity (Wildman–Crippen MR) is 116 cm³/mol. The van der Waals surface area contributed by atoms with Crippen LogP contribution < -0.4 is 11.2 Å². The molecule has 0 saturated carbocycles. The Hall–Kier alpha value is -3.27. The number of aromatic nitrogens is 8. The SMILES string of the molecule is CCCCn1c(=O)n(CCn2nnc(CCc3ccccc3)n2)c(=O)c2[nH]c(Cl)nc21. The van der Waals surface area contributed by atoms with Gasteiger partial charge in [-0.1, -0.05) is 43.7 Å². The smallest absolute Gasteiger partial charge is 0.323 e. The average Bonchev–Trinajstić information content (AvgIpc) is 3.39. The van der Waals surface area contributed by atoms with Crippen LogP contribution in [0.5, 0.6) is 0 Å². The van der Waals surface area contributed by atoms with Gasteiger partial charge in [-0.05, 0) is 35.2 Å². The third-order valence-corrected chi connectivity index (χ3v) is 5.24. The molecule has 4 rings (SSSR count). The van der Waals surface area contributed by atoms with Gasteiger partial charge in [-0.25, -0.2) is 4.79 Å². The second kappa shape index (κ2) is 9.25. The molecule has 162 valence electrons. The molecule has 0 aliphatic rings. The molecule has 0 atom stereocenters. The number of nitrogens with zero attached hydrogens (tertiary/aromatic N) is 7. The molecule has 0 unspecified atom stereocenters. The molecule has 1 N–H and O–H groups in total. The summed E-state index contributed by atoms with van der Waals surface area (Å²) >= 11 is 5.95. The highest BCUT2D eigenvalue weighted by molar-refractivity contribution is 6.28. The molecule has 10 nitrogen and oxygen atoms in total. The number of nitrogens with one attached hydrogen (secondary N) is 1. The molecule has 31 heavy (non-hydrogen) atoms. The van der Waals surface area contributed by atoms with Gasteiger partial charge in [-0.15, -0.1) is 10.2 Å². The Morgan fingerprint density at radius 2 is 1.84 bits per heavy atom. The van der Waals surface area contributed by atoms with Crippen LogP contribution in [0.3, 0.4) is 0 Å². The maximum Gasteiger partial charge on any atom is 0.332 e. The Bertz CT molecular complexity index is 1290. The van der Waals surface area contributed by atoms with Gasteiger partial charge in [0.2, 0.25) is 5.28 Å². The van der Waals surface area contributed by atoms with E-state index < -0.39 is 11.2 Å². The predicted octanol–water partition coefficient (Wildman–Crippen LogP) is 1.81. The number of rotatable bonds is 9. The molecule has 0 amide bonds. The van der Waals surface area contributed by atoms with E-state index in [4.69, 9.17) is 11.6 Å². The number of imidazole rings is 1. The van der Waals surface area contributed by atoms with Gasteiger partial charge in [0.15, 0.2) is 17.0 Å². The zero-order valence-corrected chi connectivity index (χ0v) is 17.9. The molecule has 4 aromatic rings. The van der Waals surface area contributed by atoms with Gasteiger partial charge < -0.3 is 4.98 Å². The van der Waals surface area contributed by atoms with Crippen molar-refractivity contribution in [3.05, 3.63) is 67.8 Å². The highest BCUT2D eigenvalue weighted by Gasteiger charge is 2.17. The molecule has 0 spiro atoms. The molecular weight excluding hydrogens is 420 g/mol. The van der Waals surface area contributed by atoms with Crippen molar-refractivity contribution < 1.29 is 0 Å². The molecule has 0 radical (unpaired) electrons. The first-order chi connectivity index (χ1) is 15.1. The van der Waals surface area contributed by atoms with E-state index >= 15 is 0 Å². The number of unbranched alkanes of at least 4 members (excludes halogenated alkanes) is 1. The zero-order chi connectivity index (χ0) is 21.8. The molecule has 3 aromatic heterocycles. The van der Waals surface area contributed by atoms with E-state index in [1.807, 2.05) is 25.1 Å². The number of fused-ring (bicyclic) bond motifs is 1. The number of aromatic amines is 1. The van der Waals surface area contributed by atoms with Gasteiger partial charge in [0.1, 0.15) is 0 Å². The van der Waals surface area contributed by atoms with Crippen molar-refractivity contribution in [2.75, 3.05) is 0 Å². The normalized spacial score (nSPS) is 11.4. The lowest BCUT2D eigenvalue weighted by Crippen LogP contribution is -2.41. The fraction of sp³-hybridized carbons (Fsp3) is 0.400. The van der Waals surface area contributed by atoms with Crippen LogP contribution in [0.1, 0.15) is 31.2 Å². The number of benzene rings is 1. The Labute approximate surface area is 182 Å². The van der Waals surface area contributed by atoms with Crippen LogP contribution in [0.15, 0.2) is 39.9 Å². The summed E-state index contributed by atoms with van der Waals surface area (Å²) in [5, 5.41) is 12.6. The maximum absolute atomic E-state index is 13.0. The molecule has 0 bridgehead atoms. The largest absolute Gasteiger partial charge is 0.332 e. The Morgan fingerprint density at radius 3 is 2.61 bits per heavy atom. The number of hydrogen-bond acceptors (Lipinski definition) is 6. The molecule has 3 heterocycles. The standard InChI is InChI=1S/C20H23ClN8O2/c1-2-3-11-27-17-16(22-19(21)23-17)18(30)28(20(27)31)12-13-29-25-15(24-26-29)10-9-14-7-5-4-6-8-14/h4-8H,2-3,9-13H2,1H3,(H,22,23). The van der Waals surface area contributed by atoms with Crippen LogP contribution in [-0.2, 0) is 32.5 Å². The van der Waals surface area contributed by atoms with Crippen molar-refractivity contribution in [1.82, 2.24) is 39.3 Å². The lowest BCUT2D eigenvalue weighted by molar-refractivity contribution is 0.444. The van der Waals surface area contributed by atoms with E-state index in [0.29, 0.717) is 18.8 Å². The van der Waals surface area contributed by atoms with E-state index in [9.17, 15) is 9.59 Å². The Kier molecular flexibility index (Phi) is 6.26. The van der Waals surface area contributed by atoms with E-state index in [-0.39, 0.29) is 29.5 Å². The first kappa shape index (κ1) is 21.0. The van der Waals surface area contributed by atoms with Crippen LogP contribution in [0.4, 0.5) is 0 Å². The van der Waals surface area contributed by atoms with Gasteiger partial charge in [-0.2, -0.15) is 9.78 Å². The minimum absolute atomic E-state index is 0.0792. The van der Waals surface area contributed by atoms with Crippen LogP contribution in [0.2, 0.25) is 5.28 Å². The third kappa shape index (κ3) is 4.58. The van der Waals surface area contributed by atoms with Gasteiger partial charge in [0, 0.05) is 13.0 Å². The molecule has 0 aliphatic heterocycles. The summed E-state index contributed by atoms with van der Waals surface area (Å²) in [6.45, 7) is 2.85. The first-order valence-electron chi connectivity index (χ1n) is 10.3. The van der Waals surface area contributed by atoms with Crippen molar-refractivity contribution in [3.63, 3.8) is 0 Å². The monoisotopic (exact) mass is 442 g/mol. The Morgan fingerprint density at radius 1 is 1.03 bits per heavy atom. The quantitative estimate of drug-likeness (QED) is 0.395. The maximum atomic E-state index is 13.0. The van der Waals surface area contributed by atoms with Crippen molar-refractivity contribution in [2.24, 2.45) is 0 Å². The number of hydrogen-bond donors (Lipinski definition) is 1. The summed E-state index contributed by atoms with van der Waals surface area (Å²) in [5.74, 6) is 0.618. The van der Waals surface area contributed by atoms with E-state index in [0.717, 1.165) is 19.3 Å². The molecule has 1 aromatic carbocycles. The molecule has 0 fully saturated rings. The van der Waals surface area contributed by atoms with E-state index in [2.05, 4.69) is 37.5 Å². The highest BCUT2D eigenvalue weighted by Crippen LogP contribution is 2.10. The fourth-order valence-electron chi connectivity index (χ4n) is 3.41. The summed E-state index contributed by atoms with van der Waals surface area (Å²) in [5.41, 5.74) is 0.822. The van der Waals surface area contributed by atoms with Crippen LogP contribution >= 0.6 is 11.6 Å². The van der Waals surface area contributed by atoms with E-state index in [1.165, 1.54) is 19.5 Å². The minimum Gasteiger partial charge on any atom is -0.323 e. The van der Waals surface area contributed by atoms with E-state index in [1.54, 1.807) is 0 Å². The zero-order valence-electron chi connectivity index (χ0n) is 17.2. The van der Waals surface area contributed by atoms with Gasteiger partial charge >= 0.3 is 5.69 Å². The van der Waals surface area contributed by atoms with Gasteiger partial charge in [0.05, 0.1) is 13.1 Å². The number of aryl methyl sites for hydroxylation is 4. The topological polar surface area (TPSA) is 116 Å². The van der Waals surface area contributed by atoms with Crippen molar-refractivity contribution in [2.45, 2.75) is 52.2 Å². The average molecular weight is 443 g/mol. The second-order valence-corrected chi connectivity index (χ2v) is 7.62. The first-order valence-corrected chi connectivity index (χ1v) is 10.6. The van der Waals surface area contributed by atoms with Gasteiger partial charge in [-0.3, -0.25) is 13.9 Å². The van der Waals surface area contributed by atoms with Crippen molar-refractivity contribution >= 4 is 22.8 Å². The fourth-order valence-corrected chi connectivity index (χ4v) is 3.59. The van der Waals surface area contributed by atoms with Crippen LogP contribution in [0.25, 0.3) is 11.2 Å². The highest BCUT2D eigenvalue weighted by atomic mass is 35.5. The number of tetrazole rings is 1. The van der Waals surface area contributed by atoms with Gasteiger partial charge in [0.25, 0.3) is 5.56 Å². The summed E-state index contributed by atoms with van der Waals surface area (Å²) in [7, 11) is 0. The summed E-state index contributed by atoms with van der Waals surface area (Å²) in [4.78, 5) is 34.1. The van der Waals surface area contributed by atoms with Crippen molar-refractivity contribution in [1.29, 1.82) is 0 Å². The van der Waals surface area contributed by atoms with Crippen LogP contribution in [0, 0.1) is 0 Å².